The average Bonchev–Trinajstić information content (AvgIpc) is 2.45. The number of ketones is 1. The number of allylic oxidation sites excluding steroid dienone is 1. The van der Waals surface area contributed by atoms with Crippen LogP contribution in [0.25, 0.3) is 6.08 Å². The number of hydrogen-bond acceptors (Lipinski definition) is 3. The summed E-state index contributed by atoms with van der Waals surface area (Å²) in [6.07, 6.45) is 3.11. The third kappa shape index (κ3) is 3.30. The van der Waals surface area contributed by atoms with Gasteiger partial charge in [-0.1, -0.05) is 30.3 Å². The zero-order chi connectivity index (χ0) is 13.7. The van der Waals surface area contributed by atoms with Gasteiger partial charge in [-0.15, -0.1) is 0 Å². The Kier molecular flexibility index (Phi) is 3.75. The molecule has 0 heterocycles. The first kappa shape index (κ1) is 12.6. The first-order chi connectivity index (χ1) is 9.19. The zero-order valence-corrected chi connectivity index (χ0v) is 10.1. The van der Waals surface area contributed by atoms with Crippen molar-refractivity contribution < 1.29 is 9.90 Å². The Morgan fingerprint density at radius 1 is 1.16 bits per heavy atom. The number of carbonyl (C=O) groups excluding carboxylic acids is 1. The molecule has 3 heteroatoms. The van der Waals surface area contributed by atoms with Crippen molar-refractivity contribution in [3.63, 3.8) is 0 Å². The van der Waals surface area contributed by atoms with Gasteiger partial charge < -0.3 is 5.11 Å². The Bertz CT molecular complexity index is 664. The third-order valence-corrected chi connectivity index (χ3v) is 2.60. The van der Waals surface area contributed by atoms with Crippen molar-refractivity contribution in [1.82, 2.24) is 0 Å². The van der Waals surface area contributed by atoms with E-state index in [2.05, 4.69) is 0 Å². The van der Waals surface area contributed by atoms with Crippen LogP contribution in [0.15, 0.2) is 54.6 Å². The summed E-state index contributed by atoms with van der Waals surface area (Å²) in [4.78, 5) is 11.8. The minimum absolute atomic E-state index is 0.0672. The molecular weight excluding hydrogens is 238 g/mol. The van der Waals surface area contributed by atoms with Gasteiger partial charge in [0.05, 0.1) is 11.6 Å². The minimum atomic E-state index is -0.180. The number of phenolic OH excluding ortho intramolecular Hbond substituents is 1. The van der Waals surface area contributed by atoms with E-state index >= 15 is 0 Å². The van der Waals surface area contributed by atoms with Gasteiger partial charge in [0.1, 0.15) is 5.75 Å². The van der Waals surface area contributed by atoms with Gasteiger partial charge in [-0.3, -0.25) is 4.79 Å². The van der Waals surface area contributed by atoms with Crippen LogP contribution in [0, 0.1) is 11.3 Å². The summed E-state index contributed by atoms with van der Waals surface area (Å²) in [5, 5.41) is 18.0. The van der Waals surface area contributed by atoms with Crippen molar-refractivity contribution in [1.29, 1.82) is 5.26 Å². The molecule has 0 saturated carbocycles. The molecule has 2 aromatic carbocycles. The zero-order valence-electron chi connectivity index (χ0n) is 10.1. The number of aromatic hydroxyl groups is 1. The maximum atomic E-state index is 11.8. The van der Waals surface area contributed by atoms with E-state index in [-0.39, 0.29) is 11.5 Å². The van der Waals surface area contributed by atoms with Crippen LogP contribution < -0.4 is 0 Å². The molecule has 0 aliphatic heterocycles. The van der Waals surface area contributed by atoms with Crippen LogP contribution >= 0.6 is 0 Å². The van der Waals surface area contributed by atoms with Crippen molar-refractivity contribution in [2.24, 2.45) is 0 Å². The predicted molar refractivity (Wildman–Crippen MR) is 72.6 cm³/mol. The van der Waals surface area contributed by atoms with Crippen LogP contribution in [-0.2, 0) is 0 Å². The molecule has 1 N–H and O–H groups in total. The molecule has 0 fully saturated rings. The standard InChI is InChI=1S/C16H11NO2/c17-11-13-6-4-12(5-7-13)8-9-16(19)14-2-1-3-15(18)10-14/h1-10,18H/b9-8+. The van der Waals surface area contributed by atoms with E-state index in [1.807, 2.05) is 6.07 Å². The van der Waals surface area contributed by atoms with Gasteiger partial charge in [-0.25, -0.2) is 0 Å². The van der Waals surface area contributed by atoms with Crippen LogP contribution in [0.5, 0.6) is 5.75 Å². The number of carbonyl (C=O) groups is 1. The molecule has 2 aromatic rings. The molecule has 0 unspecified atom stereocenters. The predicted octanol–water partition coefficient (Wildman–Crippen LogP) is 3.16. The second-order valence-electron chi connectivity index (χ2n) is 3.98. The summed E-state index contributed by atoms with van der Waals surface area (Å²) in [6.45, 7) is 0. The normalized spacial score (nSPS) is 10.3. The maximum absolute atomic E-state index is 11.8. The summed E-state index contributed by atoms with van der Waals surface area (Å²) in [5.74, 6) is -0.113. The quantitative estimate of drug-likeness (QED) is 0.671. The molecule has 19 heavy (non-hydrogen) atoms. The Morgan fingerprint density at radius 2 is 1.89 bits per heavy atom. The van der Waals surface area contributed by atoms with E-state index in [0.717, 1.165) is 5.56 Å². The fourth-order valence-corrected chi connectivity index (χ4v) is 1.60. The molecule has 0 amide bonds. The van der Waals surface area contributed by atoms with Gasteiger partial charge in [0.15, 0.2) is 5.78 Å². The molecule has 92 valence electrons. The monoisotopic (exact) mass is 249 g/mol. The summed E-state index contributed by atoms with van der Waals surface area (Å²) >= 11 is 0. The molecular formula is C16H11NO2. The summed E-state index contributed by atoms with van der Waals surface area (Å²) in [5.41, 5.74) is 1.86. The number of rotatable bonds is 3. The van der Waals surface area contributed by atoms with Crippen molar-refractivity contribution in [2.45, 2.75) is 0 Å². The lowest BCUT2D eigenvalue weighted by Crippen LogP contribution is -1.93. The van der Waals surface area contributed by atoms with Crippen LogP contribution in [0.2, 0.25) is 0 Å². The van der Waals surface area contributed by atoms with Gasteiger partial charge in [0.2, 0.25) is 0 Å². The summed E-state index contributed by atoms with van der Waals surface area (Å²) in [7, 11) is 0. The van der Waals surface area contributed by atoms with Crippen molar-refractivity contribution >= 4 is 11.9 Å². The lowest BCUT2D eigenvalue weighted by molar-refractivity contribution is 0.104. The highest BCUT2D eigenvalue weighted by Crippen LogP contribution is 2.12. The molecule has 0 spiro atoms. The van der Waals surface area contributed by atoms with Crippen LogP contribution in [0.3, 0.4) is 0 Å². The van der Waals surface area contributed by atoms with E-state index in [9.17, 15) is 9.90 Å². The Balaban J connectivity index is 2.14. The van der Waals surface area contributed by atoms with Crippen molar-refractivity contribution in [3.8, 4) is 11.8 Å². The number of nitriles is 1. The molecule has 0 atom stereocenters. The second kappa shape index (κ2) is 5.65. The van der Waals surface area contributed by atoms with E-state index in [0.29, 0.717) is 11.1 Å². The van der Waals surface area contributed by atoms with Gasteiger partial charge in [0, 0.05) is 5.56 Å². The molecule has 0 aliphatic rings. The molecule has 0 bridgehead atoms. The van der Waals surface area contributed by atoms with E-state index < -0.39 is 0 Å². The molecule has 3 nitrogen and oxygen atoms in total. The van der Waals surface area contributed by atoms with Gasteiger partial charge in [-0.2, -0.15) is 5.26 Å². The Hall–Kier alpha value is -2.86. The van der Waals surface area contributed by atoms with Crippen LogP contribution in [0.1, 0.15) is 21.5 Å². The third-order valence-electron chi connectivity index (χ3n) is 2.60. The fourth-order valence-electron chi connectivity index (χ4n) is 1.60. The Labute approximate surface area is 111 Å². The number of phenols is 1. The molecule has 0 aliphatic carbocycles. The lowest BCUT2D eigenvalue weighted by Gasteiger charge is -1.97. The highest BCUT2D eigenvalue weighted by molar-refractivity contribution is 6.07. The fraction of sp³-hybridized carbons (Fsp3) is 0. The summed E-state index contributed by atoms with van der Waals surface area (Å²) in [6, 6.07) is 15.2. The number of nitrogens with zero attached hydrogens (tertiary/aromatic N) is 1. The van der Waals surface area contributed by atoms with E-state index in [4.69, 9.17) is 5.26 Å². The largest absolute Gasteiger partial charge is 0.508 e. The average molecular weight is 249 g/mol. The molecule has 0 aromatic heterocycles. The van der Waals surface area contributed by atoms with Crippen molar-refractivity contribution in [3.05, 3.63) is 71.3 Å². The number of hydrogen-bond donors (Lipinski definition) is 1. The van der Waals surface area contributed by atoms with Crippen LogP contribution in [-0.4, -0.2) is 10.9 Å². The second-order valence-corrected chi connectivity index (χ2v) is 3.98. The van der Waals surface area contributed by atoms with Gasteiger partial charge >= 0.3 is 0 Å². The number of benzene rings is 2. The first-order valence-electron chi connectivity index (χ1n) is 5.70. The highest BCUT2D eigenvalue weighted by atomic mass is 16.3. The van der Waals surface area contributed by atoms with E-state index in [1.165, 1.54) is 18.2 Å². The van der Waals surface area contributed by atoms with E-state index in [1.54, 1.807) is 42.5 Å². The van der Waals surface area contributed by atoms with Gasteiger partial charge in [-0.05, 0) is 35.9 Å². The SMILES string of the molecule is N#Cc1ccc(/C=C/C(=O)c2cccc(O)c2)cc1. The Morgan fingerprint density at radius 3 is 2.53 bits per heavy atom. The lowest BCUT2D eigenvalue weighted by atomic mass is 10.1. The molecule has 0 saturated heterocycles. The molecule has 2 rings (SSSR count). The summed E-state index contributed by atoms with van der Waals surface area (Å²) < 4.78 is 0. The smallest absolute Gasteiger partial charge is 0.185 e. The first-order valence-corrected chi connectivity index (χ1v) is 5.70. The highest BCUT2D eigenvalue weighted by Gasteiger charge is 2.01. The minimum Gasteiger partial charge on any atom is -0.508 e. The molecule has 0 radical (unpaired) electrons. The topological polar surface area (TPSA) is 61.1 Å². The van der Waals surface area contributed by atoms with Gasteiger partial charge in [0.25, 0.3) is 0 Å². The maximum Gasteiger partial charge on any atom is 0.185 e. The van der Waals surface area contributed by atoms with Crippen LogP contribution in [0.4, 0.5) is 0 Å². The van der Waals surface area contributed by atoms with Crippen molar-refractivity contribution in [2.75, 3.05) is 0 Å².